The Morgan fingerprint density at radius 3 is 2.83 bits per heavy atom. The summed E-state index contributed by atoms with van der Waals surface area (Å²) in [5, 5.41) is 3.48. The van der Waals surface area contributed by atoms with Crippen molar-refractivity contribution >= 4 is 17.8 Å². The smallest absolute Gasteiger partial charge is 0.0540 e. The quantitative estimate of drug-likeness (QED) is 0.329. The number of aryl methyl sites for hydroxylation is 1. The van der Waals surface area contributed by atoms with Crippen LogP contribution in [0.5, 0.6) is 0 Å². The number of hydrogen-bond acceptors (Lipinski definition) is 2. The SMILES string of the molecule is NN=Cc1ccccc1CCCl. The van der Waals surface area contributed by atoms with Gasteiger partial charge in [-0.1, -0.05) is 24.3 Å². The average molecular weight is 183 g/mol. The molecule has 0 saturated carbocycles. The molecule has 0 saturated heterocycles. The predicted octanol–water partition coefficient (Wildman–Crippen LogP) is 1.76. The van der Waals surface area contributed by atoms with Gasteiger partial charge in [-0.2, -0.15) is 5.10 Å². The Kier molecular flexibility index (Phi) is 3.61. The van der Waals surface area contributed by atoms with Gasteiger partial charge in [-0.15, -0.1) is 11.6 Å². The molecule has 1 aromatic carbocycles. The van der Waals surface area contributed by atoms with Crippen molar-refractivity contribution in [1.29, 1.82) is 0 Å². The summed E-state index contributed by atoms with van der Waals surface area (Å²) < 4.78 is 0. The molecule has 0 aliphatic rings. The van der Waals surface area contributed by atoms with Gasteiger partial charge in [-0.25, -0.2) is 0 Å². The summed E-state index contributed by atoms with van der Waals surface area (Å²) >= 11 is 5.63. The second kappa shape index (κ2) is 4.78. The zero-order valence-electron chi connectivity index (χ0n) is 6.70. The molecule has 0 unspecified atom stereocenters. The Morgan fingerprint density at radius 1 is 1.42 bits per heavy atom. The van der Waals surface area contributed by atoms with Crippen LogP contribution in [-0.2, 0) is 6.42 Å². The molecule has 64 valence electrons. The maximum absolute atomic E-state index is 5.63. The summed E-state index contributed by atoms with van der Waals surface area (Å²) in [6.07, 6.45) is 2.49. The van der Waals surface area contributed by atoms with Crippen LogP contribution in [0.2, 0.25) is 0 Å². The fraction of sp³-hybridized carbons (Fsp3) is 0.222. The number of nitrogens with two attached hydrogens (primary N) is 1. The summed E-state index contributed by atoms with van der Waals surface area (Å²) in [6.45, 7) is 0. The van der Waals surface area contributed by atoms with Crippen molar-refractivity contribution < 1.29 is 0 Å². The van der Waals surface area contributed by atoms with Crippen LogP contribution in [0, 0.1) is 0 Å². The van der Waals surface area contributed by atoms with Gasteiger partial charge in [0.15, 0.2) is 0 Å². The highest BCUT2D eigenvalue weighted by Crippen LogP contribution is 2.07. The van der Waals surface area contributed by atoms with E-state index in [-0.39, 0.29) is 0 Å². The predicted molar refractivity (Wildman–Crippen MR) is 52.6 cm³/mol. The molecule has 1 rings (SSSR count). The van der Waals surface area contributed by atoms with Crippen molar-refractivity contribution in [2.75, 3.05) is 5.88 Å². The second-order valence-electron chi connectivity index (χ2n) is 2.42. The molecule has 2 N–H and O–H groups in total. The van der Waals surface area contributed by atoms with Gasteiger partial charge in [0.05, 0.1) is 6.21 Å². The van der Waals surface area contributed by atoms with Gasteiger partial charge in [-0.05, 0) is 17.5 Å². The molecular weight excluding hydrogens is 172 g/mol. The van der Waals surface area contributed by atoms with Crippen LogP contribution in [0.1, 0.15) is 11.1 Å². The Hall–Kier alpha value is -1.02. The molecule has 0 aliphatic heterocycles. The molecule has 0 spiro atoms. The number of benzene rings is 1. The van der Waals surface area contributed by atoms with E-state index in [1.54, 1.807) is 6.21 Å². The zero-order valence-corrected chi connectivity index (χ0v) is 7.46. The van der Waals surface area contributed by atoms with Gasteiger partial charge in [0.1, 0.15) is 0 Å². The highest BCUT2D eigenvalue weighted by molar-refractivity contribution is 6.18. The first-order valence-corrected chi connectivity index (χ1v) is 4.29. The molecule has 0 radical (unpaired) electrons. The van der Waals surface area contributed by atoms with Crippen LogP contribution in [0.4, 0.5) is 0 Å². The van der Waals surface area contributed by atoms with Crippen LogP contribution in [-0.4, -0.2) is 12.1 Å². The number of hydrazone groups is 1. The minimum absolute atomic E-state index is 0.620. The van der Waals surface area contributed by atoms with E-state index in [0.29, 0.717) is 5.88 Å². The number of nitrogens with zero attached hydrogens (tertiary/aromatic N) is 1. The molecule has 0 heterocycles. The molecule has 0 amide bonds. The Labute approximate surface area is 77.0 Å². The van der Waals surface area contributed by atoms with E-state index < -0.39 is 0 Å². The highest BCUT2D eigenvalue weighted by Gasteiger charge is 1.96. The molecule has 0 aliphatic carbocycles. The number of rotatable bonds is 3. The number of hydrogen-bond donors (Lipinski definition) is 1. The van der Waals surface area contributed by atoms with Gasteiger partial charge in [0.25, 0.3) is 0 Å². The maximum atomic E-state index is 5.63. The number of alkyl halides is 1. The largest absolute Gasteiger partial charge is 0.323 e. The van der Waals surface area contributed by atoms with Crippen LogP contribution in [0.15, 0.2) is 29.4 Å². The minimum atomic E-state index is 0.620. The number of halogens is 1. The highest BCUT2D eigenvalue weighted by atomic mass is 35.5. The third-order valence-corrected chi connectivity index (χ3v) is 1.82. The monoisotopic (exact) mass is 182 g/mol. The fourth-order valence-corrected chi connectivity index (χ4v) is 1.27. The molecule has 0 bridgehead atoms. The Bertz CT molecular complexity index is 271. The molecule has 12 heavy (non-hydrogen) atoms. The summed E-state index contributed by atoms with van der Waals surface area (Å²) in [5.74, 6) is 5.68. The van der Waals surface area contributed by atoms with Gasteiger partial charge >= 0.3 is 0 Å². The topological polar surface area (TPSA) is 38.4 Å². The normalized spacial score (nSPS) is 10.8. The van der Waals surface area contributed by atoms with Crippen molar-refractivity contribution in [1.82, 2.24) is 0 Å². The van der Waals surface area contributed by atoms with Crippen molar-refractivity contribution in [3.63, 3.8) is 0 Å². The van der Waals surface area contributed by atoms with Crippen molar-refractivity contribution in [2.24, 2.45) is 10.9 Å². The Balaban J connectivity index is 2.91. The van der Waals surface area contributed by atoms with Crippen molar-refractivity contribution in [3.8, 4) is 0 Å². The second-order valence-corrected chi connectivity index (χ2v) is 2.79. The van der Waals surface area contributed by atoms with E-state index >= 15 is 0 Å². The molecular formula is C9H11ClN2. The van der Waals surface area contributed by atoms with E-state index in [2.05, 4.69) is 5.10 Å². The third-order valence-electron chi connectivity index (χ3n) is 1.63. The van der Waals surface area contributed by atoms with Gasteiger partial charge in [0.2, 0.25) is 0 Å². The van der Waals surface area contributed by atoms with E-state index in [0.717, 1.165) is 12.0 Å². The van der Waals surface area contributed by atoms with Gasteiger partial charge in [0, 0.05) is 5.88 Å². The lowest BCUT2D eigenvalue weighted by Gasteiger charge is -2.01. The molecule has 2 nitrogen and oxygen atoms in total. The first-order valence-electron chi connectivity index (χ1n) is 3.75. The van der Waals surface area contributed by atoms with E-state index in [1.807, 2.05) is 24.3 Å². The molecule has 0 atom stereocenters. The van der Waals surface area contributed by atoms with Crippen LogP contribution in [0.25, 0.3) is 0 Å². The summed E-state index contributed by atoms with van der Waals surface area (Å²) in [5.41, 5.74) is 2.22. The lowest BCUT2D eigenvalue weighted by Crippen LogP contribution is -1.95. The first kappa shape index (κ1) is 9.07. The first-order chi connectivity index (χ1) is 5.88. The molecule has 0 fully saturated rings. The lowest BCUT2D eigenvalue weighted by atomic mass is 10.1. The average Bonchev–Trinajstić information content (AvgIpc) is 2.09. The molecule has 0 aromatic heterocycles. The summed E-state index contributed by atoms with van der Waals surface area (Å²) in [6, 6.07) is 7.93. The van der Waals surface area contributed by atoms with E-state index in [9.17, 15) is 0 Å². The standard InChI is InChI=1S/C9H11ClN2/c10-6-5-8-3-1-2-4-9(8)7-12-11/h1-4,7H,5-6,11H2. The molecule has 1 aromatic rings. The third kappa shape index (κ3) is 2.24. The van der Waals surface area contributed by atoms with Gasteiger partial charge < -0.3 is 5.84 Å². The van der Waals surface area contributed by atoms with E-state index in [4.69, 9.17) is 17.4 Å². The molecule has 3 heteroatoms. The van der Waals surface area contributed by atoms with Crippen molar-refractivity contribution in [3.05, 3.63) is 35.4 Å². The van der Waals surface area contributed by atoms with Gasteiger partial charge in [-0.3, -0.25) is 0 Å². The minimum Gasteiger partial charge on any atom is -0.323 e. The summed E-state index contributed by atoms with van der Waals surface area (Å²) in [4.78, 5) is 0. The summed E-state index contributed by atoms with van der Waals surface area (Å²) in [7, 11) is 0. The van der Waals surface area contributed by atoms with Crippen molar-refractivity contribution in [2.45, 2.75) is 6.42 Å². The Morgan fingerprint density at radius 2 is 2.17 bits per heavy atom. The van der Waals surface area contributed by atoms with Crippen LogP contribution < -0.4 is 5.84 Å². The van der Waals surface area contributed by atoms with E-state index in [1.165, 1.54) is 5.56 Å². The fourth-order valence-electron chi connectivity index (χ4n) is 1.07. The van der Waals surface area contributed by atoms with Crippen LogP contribution in [0.3, 0.4) is 0 Å². The lowest BCUT2D eigenvalue weighted by molar-refractivity contribution is 1.14. The zero-order chi connectivity index (χ0) is 8.81. The van der Waals surface area contributed by atoms with Crippen LogP contribution >= 0.6 is 11.6 Å². The maximum Gasteiger partial charge on any atom is 0.0540 e.